The van der Waals surface area contributed by atoms with Gasteiger partial charge in [0.25, 0.3) is 0 Å². The van der Waals surface area contributed by atoms with E-state index in [1.807, 2.05) is 24.3 Å². The maximum absolute atomic E-state index is 11.3. The fourth-order valence-corrected chi connectivity index (χ4v) is 2.71. The van der Waals surface area contributed by atoms with Crippen LogP contribution in [-0.4, -0.2) is 36.3 Å². The number of halogens is 1. The van der Waals surface area contributed by atoms with Gasteiger partial charge in [0, 0.05) is 24.7 Å². The number of benzene rings is 1. The van der Waals surface area contributed by atoms with Crippen LogP contribution in [0.2, 0.25) is 5.02 Å². The topological polar surface area (TPSA) is 89.4 Å². The van der Waals surface area contributed by atoms with Crippen molar-refractivity contribution in [3.63, 3.8) is 0 Å². The van der Waals surface area contributed by atoms with Crippen molar-refractivity contribution >= 4 is 23.4 Å². The van der Waals surface area contributed by atoms with Gasteiger partial charge in [-0.2, -0.15) is 0 Å². The number of likely N-dealkylation sites (tertiary alicyclic amines) is 1. The molecule has 0 spiro atoms. The third-order valence-electron chi connectivity index (χ3n) is 3.76. The third kappa shape index (κ3) is 3.49. The summed E-state index contributed by atoms with van der Waals surface area (Å²) in [5.74, 6) is -1.86. The average molecular weight is 296 g/mol. The lowest BCUT2D eigenvalue weighted by Crippen LogP contribution is -2.36. The molecular weight excluding hydrogens is 278 g/mol. The van der Waals surface area contributed by atoms with Gasteiger partial charge in [-0.15, -0.1) is 0 Å². The van der Waals surface area contributed by atoms with Crippen LogP contribution in [0.1, 0.15) is 5.56 Å². The summed E-state index contributed by atoms with van der Waals surface area (Å²) in [6, 6.07) is 7.63. The molecule has 2 atom stereocenters. The Morgan fingerprint density at radius 1 is 1.10 bits per heavy atom. The van der Waals surface area contributed by atoms with Crippen molar-refractivity contribution in [1.29, 1.82) is 0 Å². The third-order valence-corrected chi connectivity index (χ3v) is 4.01. The summed E-state index contributed by atoms with van der Waals surface area (Å²) in [5.41, 5.74) is 11.8. The maximum atomic E-state index is 11.3. The number of carbonyl (C=O) groups is 2. The smallest absolute Gasteiger partial charge is 0.222 e. The zero-order valence-electron chi connectivity index (χ0n) is 11.1. The van der Waals surface area contributed by atoms with Crippen LogP contribution in [0.25, 0.3) is 0 Å². The van der Waals surface area contributed by atoms with Gasteiger partial charge >= 0.3 is 0 Å². The zero-order valence-corrected chi connectivity index (χ0v) is 11.8. The number of hydrogen-bond acceptors (Lipinski definition) is 3. The molecule has 0 saturated carbocycles. The van der Waals surface area contributed by atoms with E-state index in [0.717, 1.165) is 18.5 Å². The Morgan fingerprint density at radius 2 is 1.60 bits per heavy atom. The van der Waals surface area contributed by atoms with Crippen molar-refractivity contribution in [2.24, 2.45) is 23.3 Å². The predicted octanol–water partition coefficient (Wildman–Crippen LogP) is 0.401. The molecule has 1 aromatic carbocycles. The number of carbonyl (C=O) groups excluding carboxylic acids is 2. The highest BCUT2D eigenvalue weighted by Crippen LogP contribution is 2.23. The number of hydrogen-bond donors (Lipinski definition) is 2. The van der Waals surface area contributed by atoms with Gasteiger partial charge in [0.15, 0.2) is 0 Å². The van der Waals surface area contributed by atoms with Crippen LogP contribution in [0.15, 0.2) is 24.3 Å². The quantitative estimate of drug-likeness (QED) is 0.824. The van der Waals surface area contributed by atoms with E-state index in [0.29, 0.717) is 18.1 Å². The first-order chi connectivity index (χ1) is 9.47. The summed E-state index contributed by atoms with van der Waals surface area (Å²) >= 11 is 5.83. The maximum Gasteiger partial charge on any atom is 0.222 e. The number of amides is 2. The second-order valence-electron chi connectivity index (χ2n) is 5.15. The molecule has 20 heavy (non-hydrogen) atoms. The summed E-state index contributed by atoms with van der Waals surface area (Å²) < 4.78 is 0. The summed E-state index contributed by atoms with van der Waals surface area (Å²) in [7, 11) is 0. The summed E-state index contributed by atoms with van der Waals surface area (Å²) in [5, 5.41) is 0.706. The SMILES string of the molecule is NC(=O)C1CN(CCc2ccc(Cl)cc2)CC1C(N)=O. The zero-order chi connectivity index (χ0) is 14.7. The van der Waals surface area contributed by atoms with Crippen LogP contribution in [0.3, 0.4) is 0 Å². The van der Waals surface area contributed by atoms with E-state index in [1.165, 1.54) is 0 Å². The van der Waals surface area contributed by atoms with Crippen molar-refractivity contribution < 1.29 is 9.59 Å². The van der Waals surface area contributed by atoms with E-state index in [9.17, 15) is 9.59 Å². The van der Waals surface area contributed by atoms with Gasteiger partial charge in [-0.25, -0.2) is 0 Å². The second-order valence-corrected chi connectivity index (χ2v) is 5.59. The van der Waals surface area contributed by atoms with Gasteiger partial charge in [0.05, 0.1) is 11.8 Å². The van der Waals surface area contributed by atoms with Crippen LogP contribution in [-0.2, 0) is 16.0 Å². The minimum absolute atomic E-state index is 0.456. The summed E-state index contributed by atoms with van der Waals surface area (Å²) in [4.78, 5) is 24.7. The standard InChI is InChI=1S/C14H18ClN3O2/c15-10-3-1-9(2-4-10)5-6-18-7-11(13(16)19)12(8-18)14(17)20/h1-4,11-12H,5-8H2,(H2,16,19)(H2,17,20). The van der Waals surface area contributed by atoms with Gasteiger partial charge in [-0.3, -0.25) is 9.59 Å². The van der Waals surface area contributed by atoms with Gasteiger partial charge in [-0.1, -0.05) is 23.7 Å². The van der Waals surface area contributed by atoms with E-state index in [1.54, 1.807) is 0 Å². The molecule has 1 fully saturated rings. The van der Waals surface area contributed by atoms with E-state index in [-0.39, 0.29) is 0 Å². The van der Waals surface area contributed by atoms with Gasteiger partial charge < -0.3 is 16.4 Å². The first kappa shape index (κ1) is 14.8. The van der Waals surface area contributed by atoms with Crippen molar-refractivity contribution in [2.75, 3.05) is 19.6 Å². The summed E-state index contributed by atoms with van der Waals surface area (Å²) in [6.07, 6.45) is 0.828. The number of nitrogens with two attached hydrogens (primary N) is 2. The molecule has 4 N–H and O–H groups in total. The molecule has 108 valence electrons. The lowest BCUT2D eigenvalue weighted by atomic mass is 9.95. The van der Waals surface area contributed by atoms with Crippen LogP contribution < -0.4 is 11.5 Å². The molecule has 2 unspecified atom stereocenters. The molecule has 1 saturated heterocycles. The molecule has 5 nitrogen and oxygen atoms in total. The Hall–Kier alpha value is -1.59. The average Bonchev–Trinajstić information content (AvgIpc) is 2.83. The van der Waals surface area contributed by atoms with Crippen molar-refractivity contribution in [3.8, 4) is 0 Å². The lowest BCUT2D eigenvalue weighted by molar-refractivity contribution is -0.129. The number of nitrogens with zero attached hydrogens (tertiary/aromatic N) is 1. The largest absolute Gasteiger partial charge is 0.369 e. The first-order valence-electron chi connectivity index (χ1n) is 6.53. The van der Waals surface area contributed by atoms with Gasteiger partial charge in [0.2, 0.25) is 11.8 Å². The minimum atomic E-state index is -0.474. The van der Waals surface area contributed by atoms with Crippen molar-refractivity contribution in [1.82, 2.24) is 4.90 Å². The molecule has 2 rings (SSSR count). The van der Waals surface area contributed by atoms with E-state index in [4.69, 9.17) is 23.1 Å². The molecule has 1 aromatic rings. The highest BCUT2D eigenvalue weighted by atomic mass is 35.5. The highest BCUT2D eigenvalue weighted by molar-refractivity contribution is 6.30. The van der Waals surface area contributed by atoms with E-state index < -0.39 is 23.7 Å². The molecule has 1 heterocycles. The Bertz CT molecular complexity index is 482. The number of rotatable bonds is 5. The fourth-order valence-electron chi connectivity index (χ4n) is 2.58. The number of primary amides is 2. The first-order valence-corrected chi connectivity index (χ1v) is 6.90. The molecule has 0 bridgehead atoms. The minimum Gasteiger partial charge on any atom is -0.369 e. The molecule has 6 heteroatoms. The Labute approximate surface area is 122 Å². The lowest BCUT2D eigenvalue weighted by Gasteiger charge is -2.15. The Kier molecular flexibility index (Phi) is 4.62. The monoisotopic (exact) mass is 295 g/mol. The highest BCUT2D eigenvalue weighted by Gasteiger charge is 2.39. The Morgan fingerprint density at radius 3 is 2.05 bits per heavy atom. The normalized spacial score (nSPS) is 22.9. The Balaban J connectivity index is 1.93. The fraction of sp³-hybridized carbons (Fsp3) is 0.429. The molecule has 0 aromatic heterocycles. The van der Waals surface area contributed by atoms with Gasteiger partial charge in [0.1, 0.15) is 0 Å². The van der Waals surface area contributed by atoms with Crippen molar-refractivity contribution in [3.05, 3.63) is 34.9 Å². The molecular formula is C14H18ClN3O2. The molecule has 0 radical (unpaired) electrons. The molecule has 1 aliphatic rings. The van der Waals surface area contributed by atoms with Gasteiger partial charge in [-0.05, 0) is 24.1 Å². The summed E-state index contributed by atoms with van der Waals surface area (Å²) in [6.45, 7) is 1.75. The van der Waals surface area contributed by atoms with Crippen LogP contribution in [0.5, 0.6) is 0 Å². The molecule has 0 aliphatic carbocycles. The van der Waals surface area contributed by atoms with E-state index in [2.05, 4.69) is 4.90 Å². The molecule has 2 amide bonds. The van der Waals surface area contributed by atoms with Crippen LogP contribution in [0.4, 0.5) is 0 Å². The van der Waals surface area contributed by atoms with Crippen LogP contribution >= 0.6 is 11.6 Å². The van der Waals surface area contributed by atoms with Crippen molar-refractivity contribution in [2.45, 2.75) is 6.42 Å². The second kappa shape index (κ2) is 6.24. The van der Waals surface area contributed by atoms with E-state index >= 15 is 0 Å². The van der Waals surface area contributed by atoms with Crippen LogP contribution in [0, 0.1) is 11.8 Å². The predicted molar refractivity (Wildman–Crippen MR) is 77.0 cm³/mol. The molecule has 1 aliphatic heterocycles.